The van der Waals surface area contributed by atoms with E-state index in [1.54, 1.807) is 0 Å². The molecule has 0 aromatic heterocycles. The average molecular weight is 158 g/mol. The van der Waals surface area contributed by atoms with Crippen molar-refractivity contribution in [2.24, 2.45) is 5.92 Å². The van der Waals surface area contributed by atoms with E-state index in [0.29, 0.717) is 0 Å². The van der Waals surface area contributed by atoms with Crippen LogP contribution in [0.5, 0.6) is 0 Å². The van der Waals surface area contributed by atoms with Crippen molar-refractivity contribution >= 4 is 0 Å². The monoisotopic (exact) mass is 158 g/mol. The van der Waals surface area contributed by atoms with Crippen LogP contribution in [-0.2, 0) is 4.89 Å². The van der Waals surface area contributed by atoms with Gasteiger partial charge in [-0.1, -0.05) is 25.7 Å². The highest BCUT2D eigenvalue weighted by Gasteiger charge is 2.20. The van der Waals surface area contributed by atoms with Crippen LogP contribution in [0.1, 0.15) is 20.8 Å². The molecule has 0 amide bonds. The number of hydrogen-bond acceptors (Lipinski definition) is 3. The average Bonchev–Trinajstić information content (AvgIpc) is 2.00. The molecule has 0 aliphatic heterocycles. The number of aliphatic hydroxyl groups excluding tert-OH is 1. The van der Waals surface area contributed by atoms with Gasteiger partial charge in [0, 0.05) is 5.92 Å². The van der Waals surface area contributed by atoms with E-state index in [-0.39, 0.29) is 12.5 Å². The summed E-state index contributed by atoms with van der Waals surface area (Å²) in [5.74, 6) is 5.62. The first kappa shape index (κ1) is 10.4. The fraction of sp³-hybridized carbons (Fsp3) is 0.750. The largest absolute Gasteiger partial charge is 0.392 e. The van der Waals surface area contributed by atoms with E-state index in [1.165, 1.54) is 6.92 Å². The standard InChI is InChI=1S/C8H14O3/c1-7(2)4-5-8(3,6-9)11-10/h7,9-10H,6H2,1-3H3. The van der Waals surface area contributed by atoms with E-state index in [0.717, 1.165) is 0 Å². The van der Waals surface area contributed by atoms with Crippen molar-refractivity contribution < 1.29 is 15.3 Å². The second-order valence-electron chi connectivity index (χ2n) is 2.90. The third kappa shape index (κ3) is 3.99. The van der Waals surface area contributed by atoms with Crippen molar-refractivity contribution in [3.05, 3.63) is 0 Å². The maximum absolute atomic E-state index is 8.71. The molecule has 0 rings (SSSR count). The molecular weight excluding hydrogens is 144 g/mol. The molecule has 1 atom stereocenters. The van der Waals surface area contributed by atoms with Gasteiger partial charge in [0.05, 0.1) is 6.61 Å². The molecule has 2 N–H and O–H groups in total. The molecule has 0 fully saturated rings. The molecule has 0 saturated heterocycles. The first-order valence-electron chi connectivity index (χ1n) is 3.50. The Labute approximate surface area is 66.9 Å². The predicted molar refractivity (Wildman–Crippen MR) is 41.8 cm³/mol. The molecule has 0 aromatic rings. The Balaban J connectivity index is 4.21. The summed E-state index contributed by atoms with van der Waals surface area (Å²) in [4.78, 5) is 4.01. The summed E-state index contributed by atoms with van der Waals surface area (Å²) in [7, 11) is 0. The van der Waals surface area contributed by atoms with Gasteiger partial charge in [-0.3, -0.25) is 5.26 Å². The molecule has 3 heteroatoms. The second-order valence-corrected chi connectivity index (χ2v) is 2.90. The van der Waals surface area contributed by atoms with Crippen molar-refractivity contribution in [1.82, 2.24) is 0 Å². The second kappa shape index (κ2) is 4.35. The van der Waals surface area contributed by atoms with Gasteiger partial charge in [0.15, 0.2) is 5.60 Å². The van der Waals surface area contributed by atoms with Gasteiger partial charge in [-0.2, -0.15) is 0 Å². The minimum Gasteiger partial charge on any atom is -0.392 e. The third-order valence-electron chi connectivity index (χ3n) is 1.13. The summed E-state index contributed by atoms with van der Waals surface area (Å²) in [5, 5.41) is 17.0. The fourth-order valence-electron chi connectivity index (χ4n) is 0.388. The highest BCUT2D eigenvalue weighted by molar-refractivity contribution is 5.13. The zero-order valence-corrected chi connectivity index (χ0v) is 7.09. The summed E-state index contributed by atoms with van der Waals surface area (Å²) in [5.41, 5.74) is -1.13. The van der Waals surface area contributed by atoms with Gasteiger partial charge in [0.25, 0.3) is 0 Å². The Hall–Kier alpha value is -0.560. The molecule has 0 aliphatic rings. The van der Waals surface area contributed by atoms with Crippen LogP contribution in [0, 0.1) is 17.8 Å². The molecule has 0 radical (unpaired) electrons. The van der Waals surface area contributed by atoms with Crippen LogP contribution < -0.4 is 0 Å². The molecule has 0 heterocycles. The van der Waals surface area contributed by atoms with Gasteiger partial charge in [-0.25, -0.2) is 4.89 Å². The van der Waals surface area contributed by atoms with Crippen LogP contribution in [-0.4, -0.2) is 22.6 Å². The van der Waals surface area contributed by atoms with Gasteiger partial charge in [-0.05, 0) is 6.92 Å². The van der Waals surface area contributed by atoms with E-state index < -0.39 is 5.60 Å². The summed E-state index contributed by atoms with van der Waals surface area (Å²) >= 11 is 0. The molecule has 0 spiro atoms. The van der Waals surface area contributed by atoms with E-state index in [2.05, 4.69) is 16.7 Å². The number of aliphatic hydroxyl groups is 1. The smallest absolute Gasteiger partial charge is 0.183 e. The molecule has 3 nitrogen and oxygen atoms in total. The lowest BCUT2D eigenvalue weighted by molar-refractivity contribution is -0.305. The Morgan fingerprint density at radius 1 is 1.55 bits per heavy atom. The molecule has 64 valence electrons. The molecule has 0 aliphatic carbocycles. The normalized spacial score (nSPS) is 15.5. The summed E-state index contributed by atoms with van der Waals surface area (Å²) in [6.45, 7) is 5.04. The Morgan fingerprint density at radius 3 is 2.36 bits per heavy atom. The number of rotatable bonds is 2. The highest BCUT2D eigenvalue weighted by Crippen LogP contribution is 2.05. The van der Waals surface area contributed by atoms with E-state index in [4.69, 9.17) is 10.4 Å². The lowest BCUT2D eigenvalue weighted by atomic mass is 10.1. The van der Waals surface area contributed by atoms with Crippen LogP contribution in [0.4, 0.5) is 0 Å². The fourth-order valence-corrected chi connectivity index (χ4v) is 0.388. The van der Waals surface area contributed by atoms with Gasteiger partial charge in [0.1, 0.15) is 0 Å². The van der Waals surface area contributed by atoms with Gasteiger partial charge in [-0.15, -0.1) is 0 Å². The molecule has 0 aromatic carbocycles. The molecule has 0 bridgehead atoms. The van der Waals surface area contributed by atoms with Gasteiger partial charge < -0.3 is 5.11 Å². The third-order valence-corrected chi connectivity index (χ3v) is 1.13. The van der Waals surface area contributed by atoms with Crippen LogP contribution in [0.25, 0.3) is 0 Å². The SMILES string of the molecule is CC(C)C#CC(C)(CO)OO. The number of hydrogen-bond donors (Lipinski definition) is 2. The lowest BCUT2D eigenvalue weighted by Crippen LogP contribution is -2.30. The predicted octanol–water partition coefficient (Wildman–Crippen LogP) is 0.886. The molecule has 0 saturated carbocycles. The van der Waals surface area contributed by atoms with Crippen molar-refractivity contribution in [1.29, 1.82) is 0 Å². The van der Waals surface area contributed by atoms with Crippen LogP contribution >= 0.6 is 0 Å². The van der Waals surface area contributed by atoms with Crippen molar-refractivity contribution in [3.8, 4) is 11.8 Å². The van der Waals surface area contributed by atoms with Crippen molar-refractivity contribution in [2.45, 2.75) is 26.4 Å². The first-order chi connectivity index (χ1) is 5.04. The minimum atomic E-state index is -1.13. The topological polar surface area (TPSA) is 49.7 Å². The lowest BCUT2D eigenvalue weighted by Gasteiger charge is -2.15. The summed E-state index contributed by atoms with van der Waals surface area (Å²) < 4.78 is 0. The first-order valence-corrected chi connectivity index (χ1v) is 3.50. The van der Waals surface area contributed by atoms with Crippen molar-refractivity contribution in [2.75, 3.05) is 6.61 Å². The quantitative estimate of drug-likeness (QED) is 0.356. The summed E-state index contributed by atoms with van der Waals surface area (Å²) in [6.07, 6.45) is 0. The van der Waals surface area contributed by atoms with E-state index in [1.807, 2.05) is 13.8 Å². The maximum atomic E-state index is 8.71. The van der Waals surface area contributed by atoms with Gasteiger partial charge in [0.2, 0.25) is 0 Å². The van der Waals surface area contributed by atoms with E-state index in [9.17, 15) is 0 Å². The molecule has 1 unspecified atom stereocenters. The van der Waals surface area contributed by atoms with Crippen LogP contribution in [0.15, 0.2) is 0 Å². The highest BCUT2D eigenvalue weighted by atomic mass is 17.1. The Bertz CT molecular complexity index is 160. The zero-order valence-electron chi connectivity index (χ0n) is 7.09. The van der Waals surface area contributed by atoms with E-state index >= 15 is 0 Å². The molecule has 11 heavy (non-hydrogen) atoms. The summed E-state index contributed by atoms with van der Waals surface area (Å²) in [6, 6.07) is 0. The minimum absolute atomic E-state index is 0.205. The Kier molecular flexibility index (Phi) is 4.12. The molecular formula is C8H14O3. The van der Waals surface area contributed by atoms with Crippen LogP contribution in [0.3, 0.4) is 0 Å². The Morgan fingerprint density at radius 2 is 2.09 bits per heavy atom. The maximum Gasteiger partial charge on any atom is 0.183 e. The zero-order chi connectivity index (χ0) is 8.91. The van der Waals surface area contributed by atoms with Gasteiger partial charge >= 0.3 is 0 Å². The van der Waals surface area contributed by atoms with Crippen molar-refractivity contribution in [3.63, 3.8) is 0 Å². The van der Waals surface area contributed by atoms with Crippen LogP contribution in [0.2, 0.25) is 0 Å².